The first-order valence-corrected chi connectivity index (χ1v) is 23.9. The number of rotatable bonds is 42. The number of carbonyl (C=O) groups is 1. The summed E-state index contributed by atoms with van der Waals surface area (Å²) >= 11 is 0. The zero-order chi connectivity index (χ0) is 39.3. The molecule has 0 aromatic heterocycles. The number of Topliss-reactive ketones (excluding diaryl/α,β-unsaturated/α-hetero) is 1. The molecule has 0 aliphatic carbocycles. The number of ether oxygens (including phenoxy) is 1. The Balaban J connectivity index is 4.14. The standard InChI is InChI=1S/C44H88NO7P/c1-6-8-10-12-14-16-18-20-22-24-26-28-30-32-34-36-38-50-42(40-46)41-51-53(48,49)52-44(39-45(3,4)5)43(47)37-35-33-31-29-27-25-23-21-19-17-15-13-11-9-7-2/h20,22,42,44,46H,6-19,21,23-41H2,1-5H3/p+1/b22-20-/t42-,44?/m1/s1. The third kappa shape index (κ3) is 38.1. The number of phosphoric acid groups is 1. The molecule has 0 spiro atoms. The molecular weight excluding hydrogens is 685 g/mol. The number of phosphoric ester groups is 1. The molecule has 316 valence electrons. The Hall–Kier alpha value is -0.600. The highest BCUT2D eigenvalue weighted by Gasteiger charge is 2.35. The summed E-state index contributed by atoms with van der Waals surface area (Å²) in [6, 6.07) is 0. The van der Waals surface area contributed by atoms with Crippen molar-refractivity contribution in [3.8, 4) is 0 Å². The van der Waals surface area contributed by atoms with Crippen molar-refractivity contribution in [2.75, 3.05) is 47.5 Å². The van der Waals surface area contributed by atoms with E-state index >= 15 is 0 Å². The molecule has 0 aliphatic heterocycles. The van der Waals surface area contributed by atoms with E-state index in [9.17, 15) is 19.4 Å². The molecule has 3 atom stereocenters. The maximum atomic E-state index is 13.1. The first kappa shape index (κ1) is 52.4. The van der Waals surface area contributed by atoms with Crippen LogP contribution in [0.4, 0.5) is 0 Å². The van der Waals surface area contributed by atoms with Crippen LogP contribution in [0.5, 0.6) is 0 Å². The summed E-state index contributed by atoms with van der Waals surface area (Å²) in [7, 11) is 1.23. The summed E-state index contributed by atoms with van der Waals surface area (Å²) in [6.07, 6.45) is 39.3. The van der Waals surface area contributed by atoms with Crippen LogP contribution in [0, 0.1) is 0 Å². The molecule has 53 heavy (non-hydrogen) atoms. The number of quaternary nitrogens is 1. The van der Waals surface area contributed by atoms with Crippen LogP contribution in [0.3, 0.4) is 0 Å². The number of hydrogen-bond donors (Lipinski definition) is 2. The summed E-state index contributed by atoms with van der Waals surface area (Å²) in [5.74, 6) is -0.166. The van der Waals surface area contributed by atoms with Crippen molar-refractivity contribution in [1.82, 2.24) is 0 Å². The smallest absolute Gasteiger partial charge is 0.394 e. The lowest BCUT2D eigenvalue weighted by Gasteiger charge is -2.29. The fraction of sp³-hybridized carbons (Fsp3) is 0.932. The Morgan fingerprint density at radius 3 is 1.43 bits per heavy atom. The van der Waals surface area contributed by atoms with E-state index in [4.69, 9.17) is 13.8 Å². The molecule has 0 saturated carbocycles. The van der Waals surface area contributed by atoms with Crippen LogP contribution >= 0.6 is 7.82 Å². The van der Waals surface area contributed by atoms with Crippen LogP contribution < -0.4 is 0 Å². The second-order valence-electron chi connectivity index (χ2n) is 16.6. The second kappa shape index (κ2) is 37.0. The number of aliphatic hydroxyl groups is 1. The van der Waals surface area contributed by atoms with E-state index < -0.39 is 20.0 Å². The van der Waals surface area contributed by atoms with E-state index in [1.54, 1.807) is 0 Å². The number of ketones is 1. The van der Waals surface area contributed by atoms with Crippen LogP contribution in [0.2, 0.25) is 0 Å². The lowest BCUT2D eigenvalue weighted by molar-refractivity contribution is -0.872. The summed E-state index contributed by atoms with van der Waals surface area (Å²) < 4.78 is 29.7. The number of unbranched alkanes of at least 4 members (excludes halogenated alkanes) is 26. The molecule has 0 aromatic carbocycles. The Labute approximate surface area is 328 Å². The van der Waals surface area contributed by atoms with Gasteiger partial charge in [-0.25, -0.2) is 4.57 Å². The first-order valence-electron chi connectivity index (χ1n) is 22.4. The molecule has 2 unspecified atom stereocenters. The van der Waals surface area contributed by atoms with Crippen molar-refractivity contribution in [1.29, 1.82) is 0 Å². The fourth-order valence-electron chi connectivity index (χ4n) is 6.64. The van der Waals surface area contributed by atoms with Crippen LogP contribution in [-0.4, -0.2) is 80.0 Å². The van der Waals surface area contributed by atoms with E-state index in [2.05, 4.69) is 26.0 Å². The molecule has 0 saturated heterocycles. The highest BCUT2D eigenvalue weighted by atomic mass is 31.2. The van der Waals surface area contributed by atoms with Gasteiger partial charge in [0.25, 0.3) is 0 Å². The van der Waals surface area contributed by atoms with E-state index in [1.807, 2.05) is 21.1 Å². The van der Waals surface area contributed by atoms with Gasteiger partial charge in [-0.15, -0.1) is 0 Å². The summed E-state index contributed by atoms with van der Waals surface area (Å²) in [5, 5.41) is 9.76. The molecule has 0 radical (unpaired) electrons. The summed E-state index contributed by atoms with van der Waals surface area (Å²) in [5.41, 5.74) is 0. The molecule has 0 rings (SSSR count). The lowest BCUT2D eigenvalue weighted by Crippen LogP contribution is -2.45. The van der Waals surface area contributed by atoms with Crippen molar-refractivity contribution in [2.45, 2.75) is 219 Å². The molecular formula is C44H89NO7P+. The van der Waals surface area contributed by atoms with Gasteiger partial charge >= 0.3 is 7.82 Å². The van der Waals surface area contributed by atoms with Gasteiger partial charge in [-0.05, 0) is 38.5 Å². The highest BCUT2D eigenvalue weighted by molar-refractivity contribution is 7.47. The number of carbonyl (C=O) groups excluding carboxylic acids is 1. The maximum Gasteiger partial charge on any atom is 0.473 e. The number of likely N-dealkylation sites (N-methyl/N-ethyl adjacent to an activating group) is 1. The van der Waals surface area contributed by atoms with Crippen LogP contribution in [-0.2, 0) is 23.1 Å². The first-order chi connectivity index (χ1) is 25.5. The van der Waals surface area contributed by atoms with Crippen molar-refractivity contribution in [3.63, 3.8) is 0 Å². The lowest BCUT2D eigenvalue weighted by atomic mass is 10.0. The highest BCUT2D eigenvalue weighted by Crippen LogP contribution is 2.45. The molecule has 2 N–H and O–H groups in total. The van der Waals surface area contributed by atoms with Crippen LogP contribution in [0.1, 0.15) is 206 Å². The third-order valence-corrected chi connectivity index (χ3v) is 11.0. The van der Waals surface area contributed by atoms with Crippen molar-refractivity contribution in [3.05, 3.63) is 12.2 Å². The number of aliphatic hydroxyl groups excluding tert-OH is 1. The van der Waals surface area contributed by atoms with Gasteiger partial charge in [0.15, 0.2) is 11.9 Å². The van der Waals surface area contributed by atoms with Gasteiger partial charge in [0, 0.05) is 13.0 Å². The van der Waals surface area contributed by atoms with Gasteiger partial charge in [0.2, 0.25) is 0 Å². The average molecular weight is 775 g/mol. The maximum absolute atomic E-state index is 13.1. The Bertz CT molecular complexity index is 878. The predicted octanol–water partition coefficient (Wildman–Crippen LogP) is 12.4. The minimum atomic E-state index is -4.53. The molecule has 8 nitrogen and oxygen atoms in total. The zero-order valence-electron chi connectivity index (χ0n) is 35.7. The summed E-state index contributed by atoms with van der Waals surface area (Å²) in [6.45, 7) is 4.64. The molecule has 0 bridgehead atoms. The minimum Gasteiger partial charge on any atom is -0.394 e. The molecule has 0 heterocycles. The number of allylic oxidation sites excluding steroid dienone is 2. The monoisotopic (exact) mass is 775 g/mol. The Kier molecular flexibility index (Phi) is 36.6. The van der Waals surface area contributed by atoms with Crippen molar-refractivity contribution in [2.24, 2.45) is 0 Å². The van der Waals surface area contributed by atoms with Crippen molar-refractivity contribution >= 4 is 13.6 Å². The van der Waals surface area contributed by atoms with Gasteiger partial charge in [-0.1, -0.05) is 174 Å². The van der Waals surface area contributed by atoms with E-state index in [1.165, 1.54) is 148 Å². The molecule has 0 amide bonds. The minimum absolute atomic E-state index is 0.166. The number of hydrogen-bond acceptors (Lipinski definition) is 6. The second-order valence-corrected chi connectivity index (χ2v) is 18.0. The van der Waals surface area contributed by atoms with Gasteiger partial charge < -0.3 is 19.2 Å². The largest absolute Gasteiger partial charge is 0.473 e. The van der Waals surface area contributed by atoms with Crippen molar-refractivity contribution < 1.29 is 37.6 Å². The average Bonchev–Trinajstić information content (AvgIpc) is 3.11. The van der Waals surface area contributed by atoms with Gasteiger partial charge in [-0.3, -0.25) is 13.8 Å². The van der Waals surface area contributed by atoms with Gasteiger partial charge in [-0.2, -0.15) is 0 Å². The molecule has 0 aromatic rings. The number of nitrogens with zero attached hydrogens (tertiary/aromatic N) is 1. The molecule has 9 heteroatoms. The van der Waals surface area contributed by atoms with Gasteiger partial charge in [0.05, 0.1) is 34.4 Å². The fourth-order valence-corrected chi connectivity index (χ4v) is 7.57. The van der Waals surface area contributed by atoms with Gasteiger partial charge in [0.1, 0.15) is 12.6 Å². The predicted molar refractivity (Wildman–Crippen MR) is 224 cm³/mol. The van der Waals surface area contributed by atoms with E-state index in [0.717, 1.165) is 38.5 Å². The van der Waals surface area contributed by atoms with Crippen LogP contribution in [0.15, 0.2) is 12.2 Å². The third-order valence-electron chi connectivity index (χ3n) is 10.00. The quantitative estimate of drug-likeness (QED) is 0.0275. The van der Waals surface area contributed by atoms with E-state index in [0.29, 0.717) is 17.5 Å². The molecule has 0 fully saturated rings. The summed E-state index contributed by atoms with van der Waals surface area (Å²) in [4.78, 5) is 23.6. The van der Waals surface area contributed by atoms with E-state index in [-0.39, 0.29) is 25.5 Å². The zero-order valence-corrected chi connectivity index (χ0v) is 36.6. The normalized spacial score (nSPS) is 14.5. The topological polar surface area (TPSA) is 102 Å². The SMILES string of the molecule is CCCCCCCC/C=C\CCCCCCCCO[C@H](CO)COP(=O)(O)OC(C[N+](C)(C)C)C(=O)CCCCCCCCCCCCCCCCC. The van der Waals surface area contributed by atoms with Crippen LogP contribution in [0.25, 0.3) is 0 Å². The Morgan fingerprint density at radius 2 is 1.02 bits per heavy atom. The Morgan fingerprint density at radius 1 is 0.623 bits per heavy atom. The molecule has 0 aliphatic rings.